The van der Waals surface area contributed by atoms with E-state index in [9.17, 15) is 24.3 Å². The summed E-state index contributed by atoms with van der Waals surface area (Å²) in [5, 5.41) is 9.71. The first-order valence-electron chi connectivity index (χ1n) is 18.1. The fraction of sp³-hybridized carbons (Fsp3) is 0.744. The van der Waals surface area contributed by atoms with Crippen molar-refractivity contribution in [1.82, 2.24) is 0 Å². The molecule has 9 atom stereocenters. The fourth-order valence-corrected chi connectivity index (χ4v) is 10.8. The molecule has 9 nitrogen and oxygen atoms in total. The number of fused-ring (bicyclic) bond motifs is 3. The molecule has 1 aliphatic heterocycles. The first-order valence-corrected chi connectivity index (χ1v) is 18.1. The molecule has 264 valence electrons. The molecule has 0 aromatic carbocycles. The van der Waals surface area contributed by atoms with Crippen LogP contribution in [0.5, 0.6) is 0 Å². The van der Waals surface area contributed by atoms with Crippen molar-refractivity contribution in [3.05, 3.63) is 36.5 Å². The molecule has 1 saturated heterocycles. The molecule has 9 fully saturated rings. The lowest BCUT2D eigenvalue weighted by Gasteiger charge is -2.59. The van der Waals surface area contributed by atoms with Gasteiger partial charge in [-0.25, -0.2) is 14.4 Å². The van der Waals surface area contributed by atoms with Crippen molar-refractivity contribution in [2.45, 2.75) is 116 Å². The van der Waals surface area contributed by atoms with E-state index in [2.05, 4.69) is 26.7 Å². The van der Waals surface area contributed by atoms with Crippen LogP contribution in [0.4, 0.5) is 0 Å². The molecule has 8 bridgehead atoms. The van der Waals surface area contributed by atoms with Gasteiger partial charge in [0.25, 0.3) is 0 Å². The molecule has 48 heavy (non-hydrogen) atoms. The van der Waals surface area contributed by atoms with E-state index in [-0.39, 0.29) is 59.6 Å². The van der Waals surface area contributed by atoms with Crippen LogP contribution in [0, 0.1) is 59.2 Å². The van der Waals surface area contributed by atoms with Gasteiger partial charge < -0.3 is 24.1 Å². The Kier molecular flexibility index (Phi) is 9.75. The second kappa shape index (κ2) is 13.4. The summed E-state index contributed by atoms with van der Waals surface area (Å²) < 4.78 is 21.6. The zero-order valence-corrected chi connectivity index (χ0v) is 29.1. The van der Waals surface area contributed by atoms with Gasteiger partial charge in [0.2, 0.25) is 0 Å². The van der Waals surface area contributed by atoms with Crippen molar-refractivity contribution < 1.29 is 43.2 Å². The molecule has 0 aromatic rings. The third-order valence-electron chi connectivity index (χ3n) is 13.1. The highest BCUT2D eigenvalue weighted by atomic mass is 16.6. The van der Waals surface area contributed by atoms with Crippen molar-refractivity contribution in [2.75, 3.05) is 6.61 Å². The molecule has 0 aromatic heterocycles. The molecule has 1 heterocycles. The predicted octanol–water partition coefficient (Wildman–Crippen LogP) is 5.89. The molecular weight excluding hydrogens is 612 g/mol. The number of esters is 4. The van der Waals surface area contributed by atoms with Crippen LogP contribution in [0.3, 0.4) is 0 Å². The summed E-state index contributed by atoms with van der Waals surface area (Å²) >= 11 is 0. The lowest BCUT2D eigenvalue weighted by molar-refractivity contribution is -0.199. The summed E-state index contributed by atoms with van der Waals surface area (Å²) in [5.41, 5.74) is 1.16. The largest absolute Gasteiger partial charge is 0.462 e. The van der Waals surface area contributed by atoms with E-state index in [0.717, 1.165) is 43.9 Å². The third-order valence-corrected chi connectivity index (χ3v) is 13.1. The Hall–Kier alpha value is -2.94. The van der Waals surface area contributed by atoms with Crippen LogP contribution < -0.4 is 0 Å². The highest BCUT2D eigenvalue weighted by molar-refractivity contribution is 5.88. The standard InChI is InChI=1S/C15H22O2.C12H14O4.C12H18O3/c1-9(2)14(16)17-15(3)12-5-10-4-11(7-12)8-13(15)6-10;1-5(2)11(13)15-9-6-3-7-8(4-6)12(14)16-10(7)9;1-7(2)12(14)15-6-9-3-8-4-10(9)11(13)5-8/h10-13H,1,4-8H2,2-3H3;6-10H,1,3-4H2,2H3;8-11,13H,1,3-6H2,2H3. The average molecular weight is 667 g/mol. The molecule has 1 N–H and O–H groups in total. The summed E-state index contributed by atoms with van der Waals surface area (Å²) in [7, 11) is 0. The fourth-order valence-electron chi connectivity index (χ4n) is 10.8. The van der Waals surface area contributed by atoms with Crippen LogP contribution in [-0.4, -0.2) is 59.5 Å². The van der Waals surface area contributed by atoms with E-state index in [1.807, 2.05) is 0 Å². The SMILES string of the molecule is C=C(C)C(=O)OC1(C)C2CC3CC(C2)CC1C3.C=C(C)C(=O)OC1C2CC3C(=O)OC1C3C2.C=C(C)C(=O)OCC1CC2CC(O)C1C2. The van der Waals surface area contributed by atoms with Gasteiger partial charge in [-0.1, -0.05) is 19.7 Å². The number of hydrogen-bond acceptors (Lipinski definition) is 9. The molecule has 9 rings (SSSR count). The Balaban J connectivity index is 0.000000126. The van der Waals surface area contributed by atoms with Gasteiger partial charge in [0, 0.05) is 28.6 Å². The lowest BCUT2D eigenvalue weighted by Crippen LogP contribution is -2.58. The minimum atomic E-state index is -0.378. The van der Waals surface area contributed by atoms with Gasteiger partial charge >= 0.3 is 23.9 Å². The quantitative estimate of drug-likeness (QED) is 0.201. The highest BCUT2D eigenvalue weighted by Gasteiger charge is 2.63. The Morgan fingerprint density at radius 3 is 1.90 bits per heavy atom. The molecule has 8 saturated carbocycles. The molecule has 9 heteroatoms. The minimum absolute atomic E-state index is 0.0646. The van der Waals surface area contributed by atoms with E-state index in [4.69, 9.17) is 18.9 Å². The molecule has 0 radical (unpaired) electrons. The topological polar surface area (TPSA) is 125 Å². The van der Waals surface area contributed by atoms with Gasteiger partial charge in [-0.3, -0.25) is 4.79 Å². The molecule has 0 spiro atoms. The van der Waals surface area contributed by atoms with Crippen LogP contribution in [0.25, 0.3) is 0 Å². The van der Waals surface area contributed by atoms with Gasteiger partial charge in [0.1, 0.15) is 17.8 Å². The van der Waals surface area contributed by atoms with Crippen molar-refractivity contribution in [3.63, 3.8) is 0 Å². The van der Waals surface area contributed by atoms with Crippen molar-refractivity contribution in [3.8, 4) is 0 Å². The molecule has 9 aliphatic rings. The molecule has 8 aliphatic carbocycles. The van der Waals surface area contributed by atoms with E-state index in [0.29, 0.717) is 58.8 Å². The van der Waals surface area contributed by atoms with Crippen LogP contribution >= 0.6 is 0 Å². The number of ether oxygens (including phenoxy) is 4. The van der Waals surface area contributed by atoms with Crippen molar-refractivity contribution in [2.24, 2.45) is 59.2 Å². The van der Waals surface area contributed by atoms with E-state index < -0.39 is 0 Å². The smallest absolute Gasteiger partial charge is 0.333 e. The van der Waals surface area contributed by atoms with E-state index in [1.54, 1.807) is 20.8 Å². The number of carbonyl (C=O) groups is 4. The van der Waals surface area contributed by atoms with Crippen LogP contribution in [0.1, 0.15) is 91.9 Å². The number of carbonyl (C=O) groups excluding carboxylic acids is 4. The maximum absolute atomic E-state index is 11.8. The minimum Gasteiger partial charge on any atom is -0.462 e. The van der Waals surface area contributed by atoms with Gasteiger partial charge in [-0.2, -0.15) is 0 Å². The van der Waals surface area contributed by atoms with Crippen molar-refractivity contribution in [1.29, 1.82) is 0 Å². The second-order valence-electron chi connectivity index (χ2n) is 16.7. The third kappa shape index (κ3) is 6.65. The highest BCUT2D eigenvalue weighted by Crippen LogP contribution is 2.59. The van der Waals surface area contributed by atoms with Crippen LogP contribution in [-0.2, 0) is 38.1 Å². The summed E-state index contributed by atoms with van der Waals surface area (Å²) in [4.78, 5) is 46.0. The first-order chi connectivity index (χ1) is 22.6. The zero-order chi connectivity index (χ0) is 34.7. The first kappa shape index (κ1) is 34.9. The Labute approximate surface area is 284 Å². The maximum atomic E-state index is 11.8. The predicted molar refractivity (Wildman–Crippen MR) is 177 cm³/mol. The van der Waals surface area contributed by atoms with Gasteiger partial charge in [0.05, 0.1) is 18.6 Å². The number of aliphatic hydroxyl groups excluding tert-OH is 1. The van der Waals surface area contributed by atoms with Crippen LogP contribution in [0.2, 0.25) is 0 Å². The van der Waals surface area contributed by atoms with Gasteiger partial charge in [-0.05, 0) is 133 Å². The zero-order valence-electron chi connectivity index (χ0n) is 29.1. The summed E-state index contributed by atoms with van der Waals surface area (Å²) in [5.74, 6) is 4.04. The monoisotopic (exact) mass is 666 g/mol. The van der Waals surface area contributed by atoms with Gasteiger partial charge in [0.15, 0.2) is 0 Å². The number of rotatable bonds is 7. The average Bonchev–Trinajstić information content (AvgIpc) is 3.82. The lowest BCUT2D eigenvalue weighted by atomic mass is 9.50. The normalized spacial score (nSPS) is 42.9. The van der Waals surface area contributed by atoms with Gasteiger partial charge in [-0.15, -0.1) is 0 Å². The summed E-state index contributed by atoms with van der Waals surface area (Å²) in [6, 6.07) is 0. The Morgan fingerprint density at radius 2 is 1.35 bits per heavy atom. The molecule has 0 amide bonds. The van der Waals surface area contributed by atoms with E-state index >= 15 is 0 Å². The van der Waals surface area contributed by atoms with Crippen molar-refractivity contribution >= 4 is 23.9 Å². The Morgan fingerprint density at radius 1 is 0.771 bits per heavy atom. The number of hydrogen-bond donors (Lipinski definition) is 1. The maximum Gasteiger partial charge on any atom is 0.333 e. The molecule has 9 unspecified atom stereocenters. The Bertz CT molecular complexity index is 1330. The summed E-state index contributed by atoms with van der Waals surface area (Å²) in [6.07, 6.45) is 10.8. The molecular formula is C39H54O9. The summed E-state index contributed by atoms with van der Waals surface area (Å²) in [6.45, 7) is 18.4. The van der Waals surface area contributed by atoms with Crippen LogP contribution in [0.15, 0.2) is 36.5 Å². The second-order valence-corrected chi connectivity index (χ2v) is 16.7. The van der Waals surface area contributed by atoms with E-state index in [1.165, 1.54) is 32.1 Å². The number of aliphatic hydroxyl groups is 1.